The molecule has 456 valence electrons. The average molecular weight is 1090 g/mol. The first-order chi connectivity index (χ1) is 38.2. The Kier molecular flexibility index (Phi) is 55.6. The Balaban J connectivity index is 1.13. The normalized spacial score (nSPS) is 15.3. The molecule has 6 heteroatoms. The third kappa shape index (κ3) is 55.2. The number of esters is 2. The lowest BCUT2D eigenvalue weighted by molar-refractivity contribution is -0.163. The lowest BCUT2D eigenvalue weighted by Crippen LogP contribution is -2.30. The number of carbonyl (C=O) groups excluding carboxylic acids is 2. The van der Waals surface area contributed by atoms with Crippen LogP contribution in [0.25, 0.3) is 0 Å². The van der Waals surface area contributed by atoms with Crippen LogP contribution in [-0.2, 0) is 28.5 Å². The molecule has 2 atom stereocenters. The fourth-order valence-electron chi connectivity index (χ4n) is 11.9. The second kappa shape index (κ2) is 59.5. The van der Waals surface area contributed by atoms with Crippen molar-refractivity contribution in [2.75, 3.05) is 26.4 Å². The minimum Gasteiger partial charge on any atom is -0.462 e. The molecule has 0 aromatic rings. The van der Waals surface area contributed by atoms with Crippen molar-refractivity contribution in [3.63, 3.8) is 0 Å². The first-order valence-corrected chi connectivity index (χ1v) is 35.8. The van der Waals surface area contributed by atoms with E-state index in [1.807, 2.05) is 0 Å². The summed E-state index contributed by atoms with van der Waals surface area (Å²) < 4.78 is 20.9. The van der Waals surface area contributed by atoms with E-state index in [-0.39, 0.29) is 25.4 Å². The van der Waals surface area contributed by atoms with E-state index in [2.05, 4.69) is 6.92 Å². The number of ether oxygens (including phenoxy) is 4. The first kappa shape index (κ1) is 72.0. The number of epoxide rings is 2. The van der Waals surface area contributed by atoms with Gasteiger partial charge in [-0.05, 0) is 6.42 Å². The zero-order valence-corrected chi connectivity index (χ0v) is 52.1. The molecule has 2 saturated heterocycles. The number of carbonyl (C=O) groups is 2. The van der Waals surface area contributed by atoms with Crippen LogP contribution in [0.2, 0.25) is 0 Å². The Morgan fingerprint density at radius 2 is 0.416 bits per heavy atom. The van der Waals surface area contributed by atoms with Gasteiger partial charge < -0.3 is 18.9 Å². The van der Waals surface area contributed by atoms with Crippen molar-refractivity contribution in [3.05, 3.63) is 0 Å². The zero-order valence-electron chi connectivity index (χ0n) is 52.1. The van der Waals surface area contributed by atoms with Gasteiger partial charge in [-0.25, -0.2) is 0 Å². The highest BCUT2D eigenvalue weighted by Gasteiger charge is 2.34. The van der Waals surface area contributed by atoms with Gasteiger partial charge in [0.25, 0.3) is 0 Å². The summed E-state index contributed by atoms with van der Waals surface area (Å²) >= 11 is 0. The third-order valence-corrected chi connectivity index (χ3v) is 17.5. The van der Waals surface area contributed by atoms with Crippen LogP contribution in [0, 0.1) is 5.92 Å². The predicted molar refractivity (Wildman–Crippen MR) is 332 cm³/mol. The zero-order chi connectivity index (χ0) is 54.7. The maximum atomic E-state index is 12.5. The molecule has 0 bridgehead atoms. The van der Waals surface area contributed by atoms with Crippen molar-refractivity contribution in [2.45, 2.75) is 411 Å². The second-order valence-corrected chi connectivity index (χ2v) is 25.4. The van der Waals surface area contributed by atoms with Crippen LogP contribution in [0.5, 0.6) is 0 Å². The maximum Gasteiger partial charge on any atom is 0.320 e. The summed E-state index contributed by atoms with van der Waals surface area (Å²) in [7, 11) is 0. The molecule has 2 heterocycles. The molecular weight excluding hydrogens is 949 g/mol. The topological polar surface area (TPSA) is 77.7 Å². The highest BCUT2D eigenvalue weighted by molar-refractivity contribution is 5.94. The summed E-state index contributed by atoms with van der Waals surface area (Å²) in [5, 5.41) is 0. The predicted octanol–water partition coefficient (Wildman–Crippen LogP) is 23.3. The molecule has 77 heavy (non-hydrogen) atoms. The number of rotatable bonds is 67. The summed E-state index contributed by atoms with van der Waals surface area (Å²) in [4.78, 5) is 25.1. The highest BCUT2D eigenvalue weighted by atomic mass is 16.6. The van der Waals surface area contributed by atoms with Gasteiger partial charge in [-0.15, -0.1) is 0 Å². The van der Waals surface area contributed by atoms with Crippen LogP contribution in [0.3, 0.4) is 0 Å². The molecular formula is C71H136O6. The van der Waals surface area contributed by atoms with Crippen LogP contribution in [-0.4, -0.2) is 50.6 Å². The SMILES string of the molecule is CCCCCCCCCCCCCCCCCCCCCCCCCCCCCCCCCCCCCCCCCCCCCCCCCCCCCCCCCCCCCCC(C(=O)OCC1CO1)C(=O)OCC1CO1. The fraction of sp³-hybridized carbons (Fsp3) is 0.972. The van der Waals surface area contributed by atoms with Crippen molar-refractivity contribution < 1.29 is 28.5 Å². The molecule has 2 unspecified atom stereocenters. The second-order valence-electron chi connectivity index (χ2n) is 25.4. The van der Waals surface area contributed by atoms with Crippen molar-refractivity contribution in [2.24, 2.45) is 5.92 Å². The van der Waals surface area contributed by atoms with E-state index >= 15 is 0 Å². The van der Waals surface area contributed by atoms with Gasteiger partial charge in [0.2, 0.25) is 0 Å². The summed E-state index contributed by atoms with van der Waals surface area (Å²) in [5.74, 6) is -1.77. The molecule has 0 aromatic heterocycles. The van der Waals surface area contributed by atoms with Gasteiger partial charge in [-0.1, -0.05) is 392 Å². The third-order valence-electron chi connectivity index (χ3n) is 17.5. The molecule has 0 saturated carbocycles. The summed E-state index contributed by atoms with van der Waals surface area (Å²) in [5.41, 5.74) is 0. The Morgan fingerprint density at radius 3 is 0.558 bits per heavy atom. The number of hydrogen-bond acceptors (Lipinski definition) is 6. The van der Waals surface area contributed by atoms with Crippen molar-refractivity contribution in [1.82, 2.24) is 0 Å². The van der Waals surface area contributed by atoms with E-state index in [1.54, 1.807) is 0 Å². The largest absolute Gasteiger partial charge is 0.462 e. The minimum absolute atomic E-state index is 0.00283. The molecule has 6 nitrogen and oxygen atoms in total. The molecule has 2 rings (SSSR count). The fourth-order valence-corrected chi connectivity index (χ4v) is 11.9. The molecule has 2 fully saturated rings. The van der Waals surface area contributed by atoms with Crippen LogP contribution in [0.4, 0.5) is 0 Å². The molecule has 0 amide bonds. The summed E-state index contributed by atoms with van der Waals surface area (Å²) in [6.45, 7) is 4.03. The quantitative estimate of drug-likeness (QED) is 0.0261. The van der Waals surface area contributed by atoms with E-state index in [9.17, 15) is 9.59 Å². The molecule has 0 radical (unpaired) electrons. The van der Waals surface area contributed by atoms with E-state index in [0.29, 0.717) is 19.6 Å². The van der Waals surface area contributed by atoms with Crippen LogP contribution < -0.4 is 0 Å². The van der Waals surface area contributed by atoms with Gasteiger partial charge in [0.05, 0.1) is 13.2 Å². The van der Waals surface area contributed by atoms with E-state index in [0.717, 1.165) is 19.3 Å². The van der Waals surface area contributed by atoms with Gasteiger partial charge in [0.15, 0.2) is 5.92 Å². The van der Waals surface area contributed by atoms with Crippen LogP contribution in [0.15, 0.2) is 0 Å². The standard InChI is InChI=1S/C71H136O6/c1-2-3-4-5-6-7-8-9-10-11-12-13-14-15-16-17-18-19-20-21-22-23-24-25-26-27-28-29-30-31-32-33-34-35-36-37-38-39-40-41-42-43-44-45-46-47-48-49-50-51-52-53-54-55-56-57-58-59-60-61-62-69(70(72)76-65-67-63-74-67)71(73)77-66-68-64-75-68/h67-69H,2-66H2,1H3. The smallest absolute Gasteiger partial charge is 0.320 e. The van der Waals surface area contributed by atoms with Gasteiger partial charge in [-0.2, -0.15) is 0 Å². The van der Waals surface area contributed by atoms with Gasteiger partial charge in [-0.3, -0.25) is 9.59 Å². The minimum atomic E-state index is -0.830. The molecule has 2 aliphatic rings. The van der Waals surface area contributed by atoms with Crippen LogP contribution in [0.1, 0.15) is 399 Å². The Bertz CT molecular complexity index is 1150. The van der Waals surface area contributed by atoms with E-state index in [4.69, 9.17) is 18.9 Å². The lowest BCUT2D eigenvalue weighted by atomic mass is 9.99. The monoisotopic (exact) mass is 1090 g/mol. The molecule has 0 spiro atoms. The average Bonchev–Trinajstić information content (AvgIpc) is 4.40. The van der Waals surface area contributed by atoms with Crippen LogP contribution >= 0.6 is 0 Å². The van der Waals surface area contributed by atoms with Gasteiger partial charge >= 0.3 is 11.9 Å². The Labute approximate surface area is 481 Å². The summed E-state index contributed by atoms with van der Waals surface area (Å²) in [6.07, 6.45) is 86.6. The van der Waals surface area contributed by atoms with Crippen molar-refractivity contribution in [1.29, 1.82) is 0 Å². The van der Waals surface area contributed by atoms with E-state index in [1.165, 1.54) is 366 Å². The summed E-state index contributed by atoms with van der Waals surface area (Å²) in [6, 6.07) is 0. The molecule has 0 aliphatic carbocycles. The van der Waals surface area contributed by atoms with Gasteiger partial charge in [0.1, 0.15) is 25.4 Å². The molecule has 0 aromatic carbocycles. The van der Waals surface area contributed by atoms with Crippen molar-refractivity contribution in [3.8, 4) is 0 Å². The molecule has 2 aliphatic heterocycles. The molecule has 0 N–H and O–H groups in total. The lowest BCUT2D eigenvalue weighted by Gasteiger charge is -2.14. The Hall–Kier alpha value is -1.14. The highest BCUT2D eigenvalue weighted by Crippen LogP contribution is 2.22. The maximum absolute atomic E-state index is 12.5. The first-order valence-electron chi connectivity index (χ1n) is 35.8. The number of unbranched alkanes of at least 4 members (excludes halogenated alkanes) is 59. The Morgan fingerprint density at radius 1 is 0.273 bits per heavy atom. The van der Waals surface area contributed by atoms with Crippen molar-refractivity contribution >= 4 is 11.9 Å². The van der Waals surface area contributed by atoms with Gasteiger partial charge in [0, 0.05) is 0 Å². The van der Waals surface area contributed by atoms with E-state index < -0.39 is 17.9 Å². The number of hydrogen-bond donors (Lipinski definition) is 0.